The summed E-state index contributed by atoms with van der Waals surface area (Å²) in [5.41, 5.74) is 0. The van der Waals surface area contributed by atoms with Gasteiger partial charge in [-0.1, -0.05) is 162 Å². The number of hydrogen-bond donors (Lipinski definition) is 1. The molecule has 1 N–H and O–H groups in total. The van der Waals surface area contributed by atoms with E-state index in [1.54, 1.807) is 0 Å². The van der Waals surface area contributed by atoms with Gasteiger partial charge in [0.25, 0.3) is 0 Å². The van der Waals surface area contributed by atoms with Crippen LogP contribution in [0.1, 0.15) is 219 Å². The minimum atomic E-state index is -0.209. The quantitative estimate of drug-likeness (QED) is 0.0498. The summed E-state index contributed by atoms with van der Waals surface area (Å²) in [5, 5.41) is 9.53. The van der Waals surface area contributed by atoms with Crippen molar-refractivity contribution in [1.29, 1.82) is 0 Å². The molecule has 0 aliphatic carbocycles. The van der Waals surface area contributed by atoms with Crippen molar-refractivity contribution in [1.82, 2.24) is 4.90 Å². The first-order valence-electron chi connectivity index (χ1n) is 22.3. The molecule has 6 nitrogen and oxygen atoms in total. The van der Waals surface area contributed by atoms with E-state index in [1.807, 2.05) is 0 Å². The molecule has 1 atom stereocenters. The van der Waals surface area contributed by atoms with E-state index in [2.05, 4.69) is 18.7 Å². The minimum absolute atomic E-state index is 0.0122. The summed E-state index contributed by atoms with van der Waals surface area (Å²) in [5.74, 6) is 0.0160. The second kappa shape index (κ2) is 41.5. The van der Waals surface area contributed by atoms with Gasteiger partial charge in [-0.3, -0.25) is 14.0 Å². The van der Waals surface area contributed by atoms with Crippen molar-refractivity contribution in [2.24, 2.45) is 5.92 Å². The first-order valence-corrected chi connectivity index (χ1v) is 22.3. The highest BCUT2D eigenvalue weighted by molar-refractivity contribution is 5.72. The molecule has 1 unspecified atom stereocenters. The number of rotatable bonds is 42. The first kappa shape index (κ1) is 49.8. The topological polar surface area (TPSA) is 76.1 Å². The van der Waals surface area contributed by atoms with Crippen molar-refractivity contribution in [2.75, 3.05) is 46.1 Å². The van der Waals surface area contributed by atoms with Gasteiger partial charge < -0.3 is 19.5 Å². The zero-order valence-corrected chi connectivity index (χ0v) is 34.1. The van der Waals surface area contributed by atoms with Gasteiger partial charge in [0.05, 0.1) is 32.4 Å². The van der Waals surface area contributed by atoms with Crippen LogP contribution in [0, 0.1) is 5.92 Å². The number of aliphatic hydroxyl groups is 1. The number of ether oxygens (including phenoxy) is 2. The Kier molecular flexibility index (Phi) is 40.6. The molecule has 7 heteroatoms. The fourth-order valence-electron chi connectivity index (χ4n) is 6.93. The fraction of sp³-hybridized carbons (Fsp3) is 0.955. The molecule has 0 radical (unpaired) electrons. The Bertz CT molecular complexity index is 724. The number of halogens is 1. The number of aliphatic hydroxyl groups excluding tert-OH is 1. The van der Waals surface area contributed by atoms with Gasteiger partial charge in [-0.15, -0.1) is 0 Å². The molecule has 0 amide bonds. The number of esters is 2. The lowest BCUT2D eigenvalue weighted by atomic mass is 9.94. The van der Waals surface area contributed by atoms with Crippen molar-refractivity contribution >= 4 is 11.9 Å². The Morgan fingerprint density at radius 2 is 0.922 bits per heavy atom. The maximum absolute atomic E-state index is 12.9. The summed E-state index contributed by atoms with van der Waals surface area (Å²) >= 11 is 0. The monoisotopic (exact) mass is 728 g/mol. The molecule has 0 aromatic rings. The zero-order chi connectivity index (χ0) is 37.3. The smallest absolute Gasteiger partial charge is 0.308 e. The molecule has 0 aromatic carbocycles. The summed E-state index contributed by atoms with van der Waals surface area (Å²) in [6.45, 7) is 8.36. The first-order chi connectivity index (χ1) is 25.1. The van der Waals surface area contributed by atoms with E-state index >= 15 is 0 Å². The van der Waals surface area contributed by atoms with Crippen LogP contribution in [0.5, 0.6) is 0 Å². The van der Waals surface area contributed by atoms with Crippen molar-refractivity contribution in [3.8, 4) is 0 Å². The van der Waals surface area contributed by atoms with Crippen LogP contribution >= 0.6 is 0 Å². The average molecular weight is 728 g/mol. The Morgan fingerprint density at radius 3 is 1.41 bits per heavy atom. The van der Waals surface area contributed by atoms with Crippen molar-refractivity contribution in [2.45, 2.75) is 219 Å². The predicted octanol–water partition coefficient (Wildman–Crippen LogP) is 12.5. The molecule has 0 aliphatic heterocycles. The molecule has 0 spiro atoms. The molecular weight excluding hydrogens is 641 g/mol. The Hall–Kier alpha value is -1.21. The Balaban J connectivity index is 3.95. The van der Waals surface area contributed by atoms with Gasteiger partial charge in [0.2, 0.25) is 0 Å². The predicted molar refractivity (Wildman–Crippen MR) is 214 cm³/mol. The standard InChI is InChI=1S/C44H86FNO5/c1-3-5-7-9-11-18-26-34-43(48)50-40-30-22-14-20-28-36-46(38-39-47)37-29-21-15-23-31-41-51-44(49)42(32-24-16-10-8-6-4-2)33-25-17-12-13-19-27-35-45/h42,47H,3-41H2,1-2H3. The van der Waals surface area contributed by atoms with Crippen molar-refractivity contribution < 1.29 is 28.6 Å². The van der Waals surface area contributed by atoms with Gasteiger partial charge in [-0.2, -0.15) is 0 Å². The third-order valence-corrected chi connectivity index (χ3v) is 10.3. The highest BCUT2D eigenvalue weighted by Gasteiger charge is 2.19. The number of carbonyl (C=O) groups is 2. The number of unbranched alkanes of at least 4 members (excludes halogenated alkanes) is 24. The zero-order valence-electron chi connectivity index (χ0n) is 34.1. The van der Waals surface area contributed by atoms with E-state index in [0.29, 0.717) is 26.1 Å². The van der Waals surface area contributed by atoms with Crippen LogP contribution in [-0.4, -0.2) is 68.1 Å². The molecule has 0 rings (SSSR count). The van der Waals surface area contributed by atoms with Crippen molar-refractivity contribution in [3.05, 3.63) is 0 Å². The van der Waals surface area contributed by atoms with E-state index in [4.69, 9.17) is 9.47 Å². The maximum atomic E-state index is 12.9. The molecule has 0 heterocycles. The summed E-state index contributed by atoms with van der Waals surface area (Å²) in [4.78, 5) is 27.3. The van der Waals surface area contributed by atoms with Crippen molar-refractivity contribution in [3.63, 3.8) is 0 Å². The number of hydrogen-bond acceptors (Lipinski definition) is 6. The Morgan fingerprint density at radius 1 is 0.510 bits per heavy atom. The molecule has 0 saturated heterocycles. The van der Waals surface area contributed by atoms with E-state index < -0.39 is 0 Å². The van der Waals surface area contributed by atoms with Gasteiger partial charge in [0.1, 0.15) is 0 Å². The highest BCUT2D eigenvalue weighted by atomic mass is 19.1. The van der Waals surface area contributed by atoms with Crippen LogP contribution in [0.15, 0.2) is 0 Å². The van der Waals surface area contributed by atoms with Crippen LogP contribution in [-0.2, 0) is 19.1 Å². The van der Waals surface area contributed by atoms with Gasteiger partial charge in [0, 0.05) is 13.0 Å². The van der Waals surface area contributed by atoms with E-state index in [-0.39, 0.29) is 31.1 Å². The van der Waals surface area contributed by atoms with Crippen LogP contribution in [0.2, 0.25) is 0 Å². The van der Waals surface area contributed by atoms with Crippen LogP contribution in [0.3, 0.4) is 0 Å². The molecule has 0 fully saturated rings. The molecule has 0 aromatic heterocycles. The lowest BCUT2D eigenvalue weighted by Crippen LogP contribution is -2.29. The summed E-state index contributed by atoms with van der Waals surface area (Å²) < 4.78 is 23.5. The summed E-state index contributed by atoms with van der Waals surface area (Å²) in [7, 11) is 0. The van der Waals surface area contributed by atoms with Gasteiger partial charge in [-0.05, 0) is 64.5 Å². The molecule has 0 bridgehead atoms. The minimum Gasteiger partial charge on any atom is -0.466 e. The SMILES string of the molecule is CCCCCCCCCC(=O)OCCCCCCCN(CCO)CCCCCCCOC(=O)C(CCCCCCCC)CCCCCCCCF. The van der Waals surface area contributed by atoms with Crippen LogP contribution < -0.4 is 0 Å². The normalized spacial score (nSPS) is 12.1. The maximum Gasteiger partial charge on any atom is 0.308 e. The largest absolute Gasteiger partial charge is 0.466 e. The van der Waals surface area contributed by atoms with Gasteiger partial charge in [-0.25, -0.2) is 0 Å². The van der Waals surface area contributed by atoms with Gasteiger partial charge in [0.15, 0.2) is 0 Å². The fourth-order valence-corrected chi connectivity index (χ4v) is 6.93. The lowest BCUT2D eigenvalue weighted by Gasteiger charge is -2.21. The molecule has 51 heavy (non-hydrogen) atoms. The number of nitrogens with zero attached hydrogens (tertiary/aromatic N) is 1. The van der Waals surface area contributed by atoms with E-state index in [0.717, 1.165) is 135 Å². The molecule has 0 saturated carbocycles. The van der Waals surface area contributed by atoms with E-state index in [9.17, 15) is 19.1 Å². The van der Waals surface area contributed by atoms with Gasteiger partial charge >= 0.3 is 11.9 Å². The van der Waals surface area contributed by atoms with Crippen LogP contribution in [0.25, 0.3) is 0 Å². The molecule has 304 valence electrons. The highest BCUT2D eigenvalue weighted by Crippen LogP contribution is 2.21. The van der Waals surface area contributed by atoms with Crippen LogP contribution in [0.4, 0.5) is 4.39 Å². The summed E-state index contributed by atoms with van der Waals surface area (Å²) in [6, 6.07) is 0. The lowest BCUT2D eigenvalue weighted by molar-refractivity contribution is -0.149. The number of carbonyl (C=O) groups excluding carboxylic acids is 2. The second-order valence-electron chi connectivity index (χ2n) is 15.2. The van der Waals surface area contributed by atoms with E-state index in [1.165, 1.54) is 77.0 Å². The average Bonchev–Trinajstić information content (AvgIpc) is 3.13. The molecular formula is C44H86FNO5. The summed E-state index contributed by atoms with van der Waals surface area (Å²) in [6.07, 6.45) is 35.5. The second-order valence-corrected chi connectivity index (χ2v) is 15.2. The third-order valence-electron chi connectivity index (χ3n) is 10.3. The Labute approximate surface area is 316 Å². The number of alkyl halides is 1. The third kappa shape index (κ3) is 36.9. The molecule has 0 aliphatic rings.